The molecule has 128 valence electrons. The summed E-state index contributed by atoms with van der Waals surface area (Å²) in [5.41, 5.74) is 12.5. The third-order valence-electron chi connectivity index (χ3n) is 6.76. The fourth-order valence-electron chi connectivity index (χ4n) is 5.83. The van der Waals surface area contributed by atoms with E-state index >= 15 is 0 Å². The van der Waals surface area contributed by atoms with E-state index in [1.807, 2.05) is 0 Å². The SMILES string of the molecule is CC1CN2CCCC2(CN)C1.CC1CN2CCCC2(CN)C1. The van der Waals surface area contributed by atoms with Gasteiger partial charge in [0.05, 0.1) is 0 Å². The average Bonchev–Trinajstić information content (AvgIpc) is 3.17. The molecule has 4 heterocycles. The molecular weight excluding hydrogens is 272 g/mol. The Hall–Kier alpha value is -0.160. The van der Waals surface area contributed by atoms with Crippen LogP contribution in [-0.2, 0) is 0 Å². The van der Waals surface area contributed by atoms with Gasteiger partial charge in [-0.1, -0.05) is 13.8 Å². The molecule has 4 unspecified atom stereocenters. The first-order valence-corrected chi connectivity index (χ1v) is 9.44. The Kier molecular flexibility index (Phi) is 4.84. The Morgan fingerprint density at radius 1 is 0.818 bits per heavy atom. The van der Waals surface area contributed by atoms with E-state index in [4.69, 9.17) is 11.5 Å². The van der Waals surface area contributed by atoms with Crippen molar-refractivity contribution in [1.29, 1.82) is 0 Å². The van der Waals surface area contributed by atoms with Gasteiger partial charge in [-0.25, -0.2) is 0 Å². The van der Waals surface area contributed by atoms with Crippen molar-refractivity contribution in [1.82, 2.24) is 9.80 Å². The lowest BCUT2D eigenvalue weighted by molar-refractivity contribution is 0.204. The van der Waals surface area contributed by atoms with E-state index in [0.717, 1.165) is 24.9 Å². The van der Waals surface area contributed by atoms with Crippen molar-refractivity contribution in [2.45, 2.75) is 63.5 Å². The minimum atomic E-state index is 0.430. The molecule has 4 N–H and O–H groups in total. The maximum absolute atomic E-state index is 5.83. The highest BCUT2D eigenvalue weighted by molar-refractivity contribution is 5.03. The van der Waals surface area contributed by atoms with Crippen molar-refractivity contribution >= 4 is 0 Å². The summed E-state index contributed by atoms with van der Waals surface area (Å²) < 4.78 is 0. The zero-order valence-electron chi connectivity index (χ0n) is 14.7. The zero-order valence-corrected chi connectivity index (χ0v) is 14.7. The molecule has 0 radical (unpaired) electrons. The Balaban J connectivity index is 0.000000131. The zero-order chi connectivity index (χ0) is 15.8. The molecule has 22 heavy (non-hydrogen) atoms. The molecular formula is C18H36N4. The van der Waals surface area contributed by atoms with Crippen LogP contribution >= 0.6 is 0 Å². The molecule has 0 aromatic heterocycles. The average molecular weight is 309 g/mol. The molecule has 0 aliphatic carbocycles. The van der Waals surface area contributed by atoms with Gasteiger partial charge in [-0.2, -0.15) is 0 Å². The van der Waals surface area contributed by atoms with Crippen LogP contribution in [0.5, 0.6) is 0 Å². The fourth-order valence-corrected chi connectivity index (χ4v) is 5.83. The molecule has 4 aliphatic rings. The molecule has 4 rings (SSSR count). The van der Waals surface area contributed by atoms with Crippen molar-refractivity contribution in [3.05, 3.63) is 0 Å². The summed E-state index contributed by atoms with van der Waals surface area (Å²) >= 11 is 0. The minimum absolute atomic E-state index is 0.430. The van der Waals surface area contributed by atoms with E-state index in [1.165, 1.54) is 64.7 Å². The number of hydrogen-bond acceptors (Lipinski definition) is 4. The molecule has 4 atom stereocenters. The van der Waals surface area contributed by atoms with E-state index in [1.54, 1.807) is 0 Å². The lowest BCUT2D eigenvalue weighted by Gasteiger charge is -2.30. The minimum Gasteiger partial charge on any atom is -0.329 e. The first-order valence-electron chi connectivity index (χ1n) is 9.44. The first kappa shape index (κ1) is 16.7. The molecule has 4 saturated heterocycles. The second-order valence-corrected chi connectivity index (χ2v) is 8.57. The van der Waals surface area contributed by atoms with Gasteiger partial charge in [0.1, 0.15) is 0 Å². The van der Waals surface area contributed by atoms with Gasteiger partial charge >= 0.3 is 0 Å². The molecule has 4 heteroatoms. The van der Waals surface area contributed by atoms with E-state index in [0.29, 0.717) is 11.1 Å². The maximum Gasteiger partial charge on any atom is 0.0335 e. The van der Waals surface area contributed by atoms with E-state index in [2.05, 4.69) is 23.6 Å². The van der Waals surface area contributed by atoms with E-state index < -0.39 is 0 Å². The van der Waals surface area contributed by atoms with Crippen LogP contribution in [0.15, 0.2) is 0 Å². The highest BCUT2D eigenvalue weighted by atomic mass is 15.3. The summed E-state index contributed by atoms with van der Waals surface area (Å²) in [6.07, 6.45) is 8.09. The molecule has 0 aromatic rings. The highest BCUT2D eigenvalue weighted by Gasteiger charge is 2.46. The standard InChI is InChI=1S/2C9H18N2/c2*1-8-5-9(7-10)3-2-4-11(9)6-8/h2*8H,2-7,10H2,1H3. The summed E-state index contributed by atoms with van der Waals surface area (Å²) in [7, 11) is 0. The summed E-state index contributed by atoms with van der Waals surface area (Å²) in [4.78, 5) is 5.22. The number of hydrogen-bond donors (Lipinski definition) is 2. The third kappa shape index (κ3) is 2.83. The smallest absolute Gasteiger partial charge is 0.0335 e. The van der Waals surface area contributed by atoms with Crippen LogP contribution < -0.4 is 11.5 Å². The molecule has 4 aliphatic heterocycles. The predicted molar refractivity (Wildman–Crippen MR) is 92.7 cm³/mol. The van der Waals surface area contributed by atoms with Crippen LogP contribution in [0.1, 0.15) is 52.4 Å². The Bertz CT molecular complexity index is 351. The van der Waals surface area contributed by atoms with Gasteiger partial charge in [0.2, 0.25) is 0 Å². The molecule has 4 nitrogen and oxygen atoms in total. The van der Waals surface area contributed by atoms with Gasteiger partial charge < -0.3 is 11.5 Å². The van der Waals surface area contributed by atoms with E-state index in [-0.39, 0.29) is 0 Å². The highest BCUT2D eigenvalue weighted by Crippen LogP contribution is 2.41. The van der Waals surface area contributed by atoms with Crippen LogP contribution in [0.4, 0.5) is 0 Å². The molecule has 0 saturated carbocycles. The Labute approximate surface area is 136 Å². The van der Waals surface area contributed by atoms with Crippen LogP contribution in [0.2, 0.25) is 0 Å². The fraction of sp³-hybridized carbons (Fsp3) is 1.00. The predicted octanol–water partition coefficient (Wildman–Crippen LogP) is 1.64. The summed E-state index contributed by atoms with van der Waals surface area (Å²) in [6, 6.07) is 0. The Morgan fingerprint density at radius 2 is 1.23 bits per heavy atom. The third-order valence-corrected chi connectivity index (χ3v) is 6.76. The van der Waals surface area contributed by atoms with Crippen LogP contribution in [0, 0.1) is 11.8 Å². The number of fused-ring (bicyclic) bond motifs is 2. The van der Waals surface area contributed by atoms with Crippen molar-refractivity contribution in [3.63, 3.8) is 0 Å². The first-order chi connectivity index (χ1) is 10.5. The van der Waals surface area contributed by atoms with Gasteiger partial charge in [0.25, 0.3) is 0 Å². The quantitative estimate of drug-likeness (QED) is 0.814. The second-order valence-electron chi connectivity index (χ2n) is 8.57. The van der Waals surface area contributed by atoms with Gasteiger partial charge in [0.15, 0.2) is 0 Å². The van der Waals surface area contributed by atoms with Crippen molar-refractivity contribution in [2.24, 2.45) is 23.3 Å². The largest absolute Gasteiger partial charge is 0.329 e. The maximum atomic E-state index is 5.83. The summed E-state index contributed by atoms with van der Waals surface area (Å²) in [6.45, 7) is 11.6. The van der Waals surface area contributed by atoms with Crippen LogP contribution in [-0.4, -0.2) is 60.1 Å². The number of rotatable bonds is 2. The topological polar surface area (TPSA) is 58.5 Å². The normalized spacial score (nSPS) is 44.7. The van der Waals surface area contributed by atoms with Crippen molar-refractivity contribution in [2.75, 3.05) is 39.3 Å². The van der Waals surface area contributed by atoms with Crippen LogP contribution in [0.25, 0.3) is 0 Å². The summed E-state index contributed by atoms with van der Waals surface area (Å²) in [5.74, 6) is 1.75. The van der Waals surface area contributed by atoms with Gasteiger partial charge in [0, 0.05) is 37.3 Å². The second kappa shape index (κ2) is 6.39. The number of nitrogens with two attached hydrogens (primary N) is 2. The van der Waals surface area contributed by atoms with Gasteiger partial charge in [-0.05, 0) is 63.5 Å². The molecule has 0 aromatic carbocycles. The lowest BCUT2D eigenvalue weighted by Crippen LogP contribution is -2.44. The van der Waals surface area contributed by atoms with Gasteiger partial charge in [-0.3, -0.25) is 9.80 Å². The molecule has 0 bridgehead atoms. The molecule has 0 amide bonds. The monoisotopic (exact) mass is 308 g/mol. The van der Waals surface area contributed by atoms with Crippen LogP contribution in [0.3, 0.4) is 0 Å². The number of nitrogens with zero attached hydrogens (tertiary/aromatic N) is 2. The molecule has 0 spiro atoms. The van der Waals surface area contributed by atoms with Gasteiger partial charge in [-0.15, -0.1) is 0 Å². The van der Waals surface area contributed by atoms with Crippen molar-refractivity contribution in [3.8, 4) is 0 Å². The van der Waals surface area contributed by atoms with E-state index in [9.17, 15) is 0 Å². The van der Waals surface area contributed by atoms with Crippen molar-refractivity contribution < 1.29 is 0 Å². The molecule has 4 fully saturated rings. The lowest BCUT2D eigenvalue weighted by atomic mass is 9.91. The summed E-state index contributed by atoms with van der Waals surface area (Å²) in [5, 5.41) is 0. The Morgan fingerprint density at radius 3 is 1.55 bits per heavy atom.